The van der Waals surface area contributed by atoms with Gasteiger partial charge in [-0.05, 0) is 81.4 Å². The molecule has 0 saturated carbocycles. The molecule has 1 atom stereocenters. The molecule has 2 heterocycles. The zero-order valence-electron chi connectivity index (χ0n) is 20.1. The van der Waals surface area contributed by atoms with Gasteiger partial charge in [0.25, 0.3) is 5.56 Å². The monoisotopic (exact) mass is 576 g/mol. The van der Waals surface area contributed by atoms with E-state index >= 15 is 0 Å². The van der Waals surface area contributed by atoms with Gasteiger partial charge in [-0.2, -0.15) is 0 Å². The molecule has 1 unspecified atom stereocenters. The summed E-state index contributed by atoms with van der Waals surface area (Å²) >= 11 is 4.88. The molecular weight excluding hydrogens is 555 g/mol. The molecule has 186 valence electrons. The van der Waals surface area contributed by atoms with Crippen LogP contribution in [0.25, 0.3) is 11.8 Å². The predicted octanol–water partition coefficient (Wildman–Crippen LogP) is 5.24. The van der Waals surface area contributed by atoms with Crippen LogP contribution in [-0.2, 0) is 6.42 Å². The first-order chi connectivity index (χ1) is 18.0. The van der Waals surface area contributed by atoms with E-state index in [9.17, 15) is 9.18 Å². The van der Waals surface area contributed by atoms with Gasteiger partial charge in [-0.3, -0.25) is 9.36 Å². The van der Waals surface area contributed by atoms with E-state index in [0.29, 0.717) is 20.8 Å². The van der Waals surface area contributed by atoms with Gasteiger partial charge in [0.2, 0.25) is 0 Å². The highest BCUT2D eigenvalue weighted by Crippen LogP contribution is 2.41. The number of benzene rings is 3. The summed E-state index contributed by atoms with van der Waals surface area (Å²) in [6.45, 7) is 0. The van der Waals surface area contributed by atoms with Crippen LogP contribution < -0.4 is 24.4 Å². The Kier molecular flexibility index (Phi) is 6.09. The van der Waals surface area contributed by atoms with E-state index < -0.39 is 0 Å². The Labute approximate surface area is 225 Å². The molecule has 0 amide bonds. The molecule has 4 aromatic rings. The van der Waals surface area contributed by atoms with E-state index in [1.807, 2.05) is 30.3 Å². The summed E-state index contributed by atoms with van der Waals surface area (Å²) in [4.78, 5) is 19.5. The van der Waals surface area contributed by atoms with Crippen LogP contribution in [0.4, 0.5) is 4.39 Å². The second-order valence-corrected chi connectivity index (χ2v) is 10.8. The van der Waals surface area contributed by atoms with Gasteiger partial charge in [0.15, 0.2) is 16.3 Å². The zero-order chi connectivity index (χ0) is 25.7. The fourth-order valence-corrected chi connectivity index (χ4v) is 6.76. The minimum absolute atomic E-state index is 0.130. The molecule has 1 aromatic heterocycles. The van der Waals surface area contributed by atoms with Crippen LogP contribution in [0.2, 0.25) is 0 Å². The average molecular weight is 577 g/mol. The van der Waals surface area contributed by atoms with Crippen molar-refractivity contribution in [2.75, 3.05) is 14.2 Å². The normalized spacial score (nSPS) is 16.5. The molecular formula is C29H22BrFN2O3S. The summed E-state index contributed by atoms with van der Waals surface area (Å²) < 4.78 is 27.8. The van der Waals surface area contributed by atoms with Gasteiger partial charge in [-0.25, -0.2) is 9.38 Å². The van der Waals surface area contributed by atoms with Gasteiger partial charge in [-0.15, -0.1) is 0 Å². The SMILES string of the molecule is COc1cc(C=c2sc3n(c2=O)C(c2ccc(F)cc2)C2=C(N=3)c3ccccc3CC2)cc(Br)c1OC. The van der Waals surface area contributed by atoms with Crippen molar-refractivity contribution < 1.29 is 13.9 Å². The van der Waals surface area contributed by atoms with Crippen LogP contribution in [0.3, 0.4) is 0 Å². The van der Waals surface area contributed by atoms with E-state index in [0.717, 1.165) is 45.3 Å². The first kappa shape index (κ1) is 23.9. The number of hydrogen-bond donors (Lipinski definition) is 0. The molecule has 37 heavy (non-hydrogen) atoms. The summed E-state index contributed by atoms with van der Waals surface area (Å²) in [5.41, 5.74) is 5.87. The largest absolute Gasteiger partial charge is 0.493 e. The van der Waals surface area contributed by atoms with Crippen LogP contribution >= 0.6 is 27.3 Å². The van der Waals surface area contributed by atoms with Gasteiger partial charge in [0, 0.05) is 5.56 Å². The topological polar surface area (TPSA) is 52.8 Å². The van der Waals surface area contributed by atoms with Crippen LogP contribution in [0.1, 0.15) is 34.7 Å². The highest BCUT2D eigenvalue weighted by atomic mass is 79.9. The maximum absolute atomic E-state index is 13.9. The highest BCUT2D eigenvalue weighted by molar-refractivity contribution is 9.10. The molecule has 1 aliphatic carbocycles. The molecule has 8 heteroatoms. The maximum Gasteiger partial charge on any atom is 0.271 e. The third-order valence-corrected chi connectivity index (χ3v) is 8.38. The minimum atomic E-state index is -0.348. The number of ether oxygens (including phenoxy) is 2. The van der Waals surface area contributed by atoms with Crippen molar-refractivity contribution in [3.63, 3.8) is 0 Å². The van der Waals surface area contributed by atoms with Gasteiger partial charge in [0.1, 0.15) is 5.82 Å². The van der Waals surface area contributed by atoms with Crippen LogP contribution in [-0.4, -0.2) is 18.8 Å². The second kappa shape index (κ2) is 9.43. The molecule has 0 fully saturated rings. The van der Waals surface area contributed by atoms with Crippen LogP contribution in [0.5, 0.6) is 11.5 Å². The van der Waals surface area contributed by atoms with Crippen molar-refractivity contribution in [3.05, 3.63) is 118 Å². The Balaban J connectivity index is 1.59. The highest BCUT2D eigenvalue weighted by Gasteiger charge is 2.32. The van der Waals surface area contributed by atoms with Gasteiger partial charge < -0.3 is 9.47 Å². The van der Waals surface area contributed by atoms with Gasteiger partial charge in [0.05, 0.1) is 35.0 Å². The average Bonchev–Trinajstić information content (AvgIpc) is 3.21. The van der Waals surface area contributed by atoms with E-state index in [1.165, 1.54) is 29.0 Å². The number of allylic oxidation sites excluding steroid dienone is 1. The third-order valence-electron chi connectivity index (χ3n) is 6.81. The summed E-state index contributed by atoms with van der Waals surface area (Å²) in [5, 5.41) is 0. The summed E-state index contributed by atoms with van der Waals surface area (Å²) in [5.74, 6) is 0.842. The Hall–Kier alpha value is -3.49. The van der Waals surface area contributed by atoms with E-state index in [1.54, 1.807) is 30.9 Å². The number of hydrogen-bond acceptors (Lipinski definition) is 5. The van der Waals surface area contributed by atoms with Crippen molar-refractivity contribution in [2.24, 2.45) is 4.99 Å². The van der Waals surface area contributed by atoms with Crippen molar-refractivity contribution in [1.82, 2.24) is 4.57 Å². The Morgan fingerprint density at radius 2 is 1.86 bits per heavy atom. The van der Waals surface area contributed by atoms with Crippen LogP contribution in [0, 0.1) is 5.82 Å². The lowest BCUT2D eigenvalue weighted by atomic mass is 9.83. The Morgan fingerprint density at radius 3 is 2.62 bits per heavy atom. The maximum atomic E-state index is 13.9. The quantitative estimate of drug-likeness (QED) is 0.334. The standard InChI is InChI=1S/C29H22BrFN2O3S/c1-35-23-14-16(13-22(30)27(23)36-2)15-24-28(34)33-26(18-7-10-19(31)11-8-18)21-12-9-17-5-3-4-6-20(17)25(21)32-29(33)37-24/h3-8,10-11,13-15,26H,9,12H2,1-2H3. The zero-order valence-corrected chi connectivity index (χ0v) is 22.5. The molecule has 0 bridgehead atoms. The Morgan fingerprint density at radius 1 is 1.08 bits per heavy atom. The number of rotatable bonds is 4. The summed E-state index contributed by atoms with van der Waals surface area (Å²) in [6, 6.07) is 18.1. The molecule has 0 radical (unpaired) electrons. The lowest BCUT2D eigenvalue weighted by Gasteiger charge is -2.30. The Bertz CT molecular complexity index is 1760. The lowest BCUT2D eigenvalue weighted by molar-refractivity contribution is 0.353. The number of methoxy groups -OCH3 is 2. The number of aromatic nitrogens is 1. The van der Waals surface area contributed by atoms with E-state index in [-0.39, 0.29) is 17.4 Å². The second-order valence-electron chi connectivity index (χ2n) is 8.90. The lowest BCUT2D eigenvalue weighted by Crippen LogP contribution is -2.38. The number of aryl methyl sites for hydroxylation is 1. The first-order valence-electron chi connectivity index (χ1n) is 11.8. The number of halogens is 2. The molecule has 0 saturated heterocycles. The van der Waals surface area contributed by atoms with Crippen molar-refractivity contribution >= 4 is 39.0 Å². The van der Waals surface area contributed by atoms with E-state index in [4.69, 9.17) is 14.5 Å². The number of thiazole rings is 1. The van der Waals surface area contributed by atoms with E-state index in [2.05, 4.69) is 28.1 Å². The van der Waals surface area contributed by atoms with Gasteiger partial charge >= 0.3 is 0 Å². The first-order valence-corrected chi connectivity index (χ1v) is 13.4. The number of fused-ring (bicyclic) bond motifs is 3. The van der Waals surface area contributed by atoms with Crippen molar-refractivity contribution in [1.29, 1.82) is 0 Å². The fourth-order valence-electron chi connectivity index (χ4n) is 5.14. The molecule has 1 aliphatic heterocycles. The predicted molar refractivity (Wildman–Crippen MR) is 146 cm³/mol. The van der Waals surface area contributed by atoms with Crippen molar-refractivity contribution in [3.8, 4) is 11.5 Å². The smallest absolute Gasteiger partial charge is 0.271 e. The summed E-state index contributed by atoms with van der Waals surface area (Å²) in [7, 11) is 3.16. The van der Waals surface area contributed by atoms with Crippen LogP contribution in [0.15, 0.2) is 80.5 Å². The molecule has 0 spiro atoms. The minimum Gasteiger partial charge on any atom is -0.493 e. The summed E-state index contributed by atoms with van der Waals surface area (Å²) in [6.07, 6.45) is 3.49. The molecule has 2 aliphatic rings. The molecule has 3 aromatic carbocycles. The fraction of sp³-hybridized carbons (Fsp3) is 0.172. The third kappa shape index (κ3) is 4.04. The molecule has 5 nitrogen and oxygen atoms in total. The number of nitrogens with zero attached hydrogens (tertiary/aromatic N) is 2. The molecule has 0 N–H and O–H groups in total. The van der Waals surface area contributed by atoms with Gasteiger partial charge in [-0.1, -0.05) is 47.7 Å². The molecule has 6 rings (SSSR count). The van der Waals surface area contributed by atoms with Crippen molar-refractivity contribution in [2.45, 2.75) is 18.9 Å².